The summed E-state index contributed by atoms with van der Waals surface area (Å²) in [5.41, 5.74) is 1.50. The Hall–Kier alpha value is -2.66. The highest BCUT2D eigenvalue weighted by molar-refractivity contribution is 6.30. The van der Waals surface area contributed by atoms with E-state index in [9.17, 15) is 14.4 Å². The molecule has 3 amide bonds. The zero-order valence-corrected chi connectivity index (χ0v) is 15.9. The molecule has 4 atom stereocenters. The maximum atomic E-state index is 13.0. The first kappa shape index (κ1) is 17.4. The summed E-state index contributed by atoms with van der Waals surface area (Å²) in [5.74, 6) is -0.158. The number of carbonyl (C=O) groups excluding carboxylic acids is 3. The average Bonchev–Trinajstić information content (AvgIpc) is 3.37. The van der Waals surface area contributed by atoms with Gasteiger partial charge in [0.2, 0.25) is 11.8 Å². The molecular weight excluding hydrogens is 376 g/mol. The minimum Gasteiger partial charge on any atom is -0.322 e. The number of amides is 3. The number of fused-ring (bicyclic) bond motifs is 5. The number of hydrogen-bond donors (Lipinski definition) is 1. The topological polar surface area (TPSA) is 66.5 Å². The van der Waals surface area contributed by atoms with Crippen molar-refractivity contribution in [2.45, 2.75) is 19.3 Å². The molecule has 2 saturated carbocycles. The predicted molar refractivity (Wildman–Crippen MR) is 106 cm³/mol. The van der Waals surface area contributed by atoms with Gasteiger partial charge in [0, 0.05) is 16.3 Å². The van der Waals surface area contributed by atoms with Gasteiger partial charge in [0.15, 0.2) is 0 Å². The lowest BCUT2D eigenvalue weighted by atomic mass is 9.81. The second-order valence-electron chi connectivity index (χ2n) is 7.91. The van der Waals surface area contributed by atoms with Crippen LogP contribution in [0.25, 0.3) is 0 Å². The van der Waals surface area contributed by atoms with E-state index in [0.717, 1.165) is 19.3 Å². The van der Waals surface area contributed by atoms with Crippen LogP contribution in [0.1, 0.15) is 29.6 Å². The van der Waals surface area contributed by atoms with E-state index < -0.39 is 0 Å². The fourth-order valence-corrected chi connectivity index (χ4v) is 5.31. The van der Waals surface area contributed by atoms with Crippen LogP contribution in [0.2, 0.25) is 5.02 Å². The van der Waals surface area contributed by atoms with E-state index in [4.69, 9.17) is 11.6 Å². The molecular formula is C22H19ClN2O3. The molecule has 1 N–H and O–H groups in total. The molecule has 2 bridgehead atoms. The van der Waals surface area contributed by atoms with Crippen molar-refractivity contribution < 1.29 is 14.4 Å². The Kier molecular flexibility index (Phi) is 4.02. The van der Waals surface area contributed by atoms with Crippen molar-refractivity contribution in [3.8, 4) is 0 Å². The smallest absolute Gasteiger partial charge is 0.255 e. The maximum absolute atomic E-state index is 13.0. The molecule has 0 spiro atoms. The summed E-state index contributed by atoms with van der Waals surface area (Å²) >= 11 is 5.87. The minimum absolute atomic E-state index is 0.0996. The van der Waals surface area contributed by atoms with Gasteiger partial charge in [-0.2, -0.15) is 0 Å². The average molecular weight is 395 g/mol. The van der Waals surface area contributed by atoms with Crippen molar-refractivity contribution in [2.24, 2.45) is 23.7 Å². The SMILES string of the molecule is O=C(Nc1ccc(Cl)cc1)c1cccc(N2C(=O)[C@H]3[C@H]4CC[C@@H](C4)[C@@H]3C2=O)c1. The fraction of sp³-hybridized carbons (Fsp3) is 0.318. The van der Waals surface area contributed by atoms with Crippen molar-refractivity contribution in [1.82, 2.24) is 0 Å². The van der Waals surface area contributed by atoms with Crippen molar-refractivity contribution >= 4 is 40.7 Å². The Bertz CT molecular complexity index is 960. The molecule has 0 radical (unpaired) electrons. The van der Waals surface area contributed by atoms with Crippen LogP contribution in [-0.4, -0.2) is 17.7 Å². The molecule has 1 heterocycles. The van der Waals surface area contributed by atoms with E-state index in [-0.39, 0.29) is 29.6 Å². The van der Waals surface area contributed by atoms with Crippen LogP contribution in [0.3, 0.4) is 0 Å². The Labute approximate surface area is 167 Å². The molecule has 28 heavy (non-hydrogen) atoms. The van der Waals surface area contributed by atoms with Gasteiger partial charge < -0.3 is 5.32 Å². The number of benzene rings is 2. The number of rotatable bonds is 3. The summed E-state index contributed by atoms with van der Waals surface area (Å²) in [5, 5.41) is 3.39. The molecule has 0 unspecified atom stereocenters. The first-order valence-electron chi connectivity index (χ1n) is 9.58. The van der Waals surface area contributed by atoms with Crippen LogP contribution in [0.4, 0.5) is 11.4 Å². The highest BCUT2D eigenvalue weighted by Crippen LogP contribution is 2.56. The lowest BCUT2D eigenvalue weighted by Gasteiger charge is -2.19. The van der Waals surface area contributed by atoms with E-state index in [1.54, 1.807) is 48.5 Å². The third-order valence-corrected chi connectivity index (χ3v) is 6.65. The molecule has 142 valence electrons. The first-order chi connectivity index (χ1) is 13.5. The maximum Gasteiger partial charge on any atom is 0.255 e. The molecule has 5 rings (SSSR count). The number of nitrogens with zero attached hydrogens (tertiary/aromatic N) is 1. The summed E-state index contributed by atoms with van der Waals surface area (Å²) in [6.07, 6.45) is 3.09. The number of hydrogen-bond acceptors (Lipinski definition) is 3. The number of halogens is 1. The largest absolute Gasteiger partial charge is 0.322 e. The molecule has 5 nitrogen and oxygen atoms in total. The Morgan fingerprint density at radius 2 is 1.61 bits per heavy atom. The molecule has 3 fully saturated rings. The van der Waals surface area contributed by atoms with Gasteiger partial charge >= 0.3 is 0 Å². The Morgan fingerprint density at radius 1 is 0.964 bits per heavy atom. The van der Waals surface area contributed by atoms with E-state index >= 15 is 0 Å². The van der Waals surface area contributed by atoms with Gasteiger partial charge in [0.25, 0.3) is 5.91 Å². The lowest BCUT2D eigenvalue weighted by molar-refractivity contribution is -0.123. The summed E-state index contributed by atoms with van der Waals surface area (Å²) in [4.78, 5) is 39.9. The highest BCUT2D eigenvalue weighted by atomic mass is 35.5. The van der Waals surface area contributed by atoms with E-state index in [2.05, 4.69) is 5.32 Å². The number of nitrogens with one attached hydrogen (secondary N) is 1. The van der Waals surface area contributed by atoms with E-state index in [0.29, 0.717) is 33.8 Å². The molecule has 2 aliphatic carbocycles. The normalized spacial score (nSPS) is 28.0. The van der Waals surface area contributed by atoms with Crippen molar-refractivity contribution in [3.63, 3.8) is 0 Å². The fourth-order valence-electron chi connectivity index (χ4n) is 5.19. The van der Waals surface area contributed by atoms with Crippen LogP contribution in [-0.2, 0) is 9.59 Å². The van der Waals surface area contributed by atoms with Crippen LogP contribution in [0, 0.1) is 23.7 Å². The zero-order valence-electron chi connectivity index (χ0n) is 15.1. The summed E-state index contributed by atoms with van der Waals surface area (Å²) in [7, 11) is 0. The van der Waals surface area contributed by atoms with Gasteiger partial charge in [-0.05, 0) is 73.6 Å². The second-order valence-corrected chi connectivity index (χ2v) is 8.34. The van der Waals surface area contributed by atoms with Crippen LogP contribution in [0.15, 0.2) is 48.5 Å². The molecule has 2 aromatic carbocycles. The van der Waals surface area contributed by atoms with Gasteiger partial charge in [-0.3, -0.25) is 19.3 Å². The van der Waals surface area contributed by atoms with Gasteiger partial charge in [0.1, 0.15) is 0 Å². The number of imide groups is 1. The first-order valence-corrected chi connectivity index (χ1v) is 9.95. The summed E-state index contributed by atoms with van der Waals surface area (Å²) < 4.78 is 0. The van der Waals surface area contributed by atoms with E-state index in [1.807, 2.05) is 0 Å². The molecule has 2 aromatic rings. The Balaban J connectivity index is 1.40. The summed E-state index contributed by atoms with van der Waals surface area (Å²) in [6.45, 7) is 0. The van der Waals surface area contributed by atoms with Crippen LogP contribution < -0.4 is 10.2 Å². The molecule has 6 heteroatoms. The zero-order chi connectivity index (χ0) is 19.4. The van der Waals surface area contributed by atoms with Crippen molar-refractivity contribution in [3.05, 3.63) is 59.1 Å². The number of anilines is 2. The molecule has 0 aromatic heterocycles. The summed E-state index contributed by atoms with van der Waals surface area (Å²) in [6, 6.07) is 13.5. The quantitative estimate of drug-likeness (QED) is 0.796. The number of carbonyl (C=O) groups is 3. The highest BCUT2D eigenvalue weighted by Gasteiger charge is 2.61. The molecule has 1 saturated heterocycles. The van der Waals surface area contributed by atoms with Gasteiger partial charge in [-0.1, -0.05) is 17.7 Å². The predicted octanol–water partition coefficient (Wildman–Crippen LogP) is 4.13. The lowest BCUT2D eigenvalue weighted by Crippen LogP contribution is -2.33. The minimum atomic E-state index is -0.302. The van der Waals surface area contributed by atoms with Gasteiger partial charge in [0.05, 0.1) is 17.5 Å². The van der Waals surface area contributed by atoms with Gasteiger partial charge in [-0.25, -0.2) is 0 Å². The monoisotopic (exact) mass is 394 g/mol. The molecule has 1 aliphatic heterocycles. The van der Waals surface area contributed by atoms with Crippen LogP contribution >= 0.6 is 11.6 Å². The van der Waals surface area contributed by atoms with Gasteiger partial charge in [-0.15, -0.1) is 0 Å². The third kappa shape index (κ3) is 2.65. The van der Waals surface area contributed by atoms with Crippen LogP contribution in [0.5, 0.6) is 0 Å². The second kappa shape index (κ2) is 6.45. The standard InChI is InChI=1S/C22H19ClN2O3/c23-15-6-8-16(9-7-15)24-20(26)14-2-1-3-17(11-14)25-21(27)18-12-4-5-13(10-12)19(18)22(25)28/h1-3,6-9,11-13,18-19H,4-5,10H2,(H,24,26)/t12-,13-,18-,19-/m0/s1. The van der Waals surface area contributed by atoms with E-state index in [1.165, 1.54) is 4.90 Å². The molecule has 3 aliphatic rings. The third-order valence-electron chi connectivity index (χ3n) is 6.40. The van der Waals surface area contributed by atoms with Crippen molar-refractivity contribution in [1.29, 1.82) is 0 Å². The van der Waals surface area contributed by atoms with Crippen molar-refractivity contribution in [2.75, 3.05) is 10.2 Å². The Morgan fingerprint density at radius 3 is 2.25 bits per heavy atom.